The molecule has 70 valence electrons. The van der Waals surface area contributed by atoms with Gasteiger partial charge in [0, 0.05) is 23.2 Å². The van der Waals surface area contributed by atoms with E-state index in [0.717, 1.165) is 21.8 Å². The second kappa shape index (κ2) is 4.58. The molecule has 3 aromatic rings. The Bertz CT molecular complexity index is 561. The van der Waals surface area contributed by atoms with Crippen LogP contribution in [0.2, 0.25) is 0 Å². The minimum atomic E-state index is 0. The molecule has 0 amide bonds. The van der Waals surface area contributed by atoms with Crippen molar-refractivity contribution >= 4 is 67.3 Å². The number of hydrogen-bond donors (Lipinski definition) is 0. The largest absolute Gasteiger partial charge is 2.00 e. The summed E-state index contributed by atoms with van der Waals surface area (Å²) in [5, 5.41) is 2.28. The molecule has 0 atom stereocenters. The van der Waals surface area contributed by atoms with E-state index in [-0.39, 0.29) is 48.3 Å². The molecule has 3 rings (SSSR count). The van der Waals surface area contributed by atoms with Gasteiger partial charge in [0.2, 0.25) is 0 Å². The van der Waals surface area contributed by atoms with Crippen molar-refractivity contribution in [3.8, 4) is 0 Å². The first-order valence-corrected chi connectivity index (χ1v) is 4.53. The van der Waals surface area contributed by atoms with Crippen molar-refractivity contribution in [2.24, 2.45) is 0 Å². The molecule has 1 aromatic carbocycles. The van der Waals surface area contributed by atoms with Crippen molar-refractivity contribution in [1.82, 2.24) is 9.97 Å². The molecule has 0 saturated heterocycles. The van der Waals surface area contributed by atoms with Gasteiger partial charge in [-0.05, 0) is 12.1 Å². The Morgan fingerprint density at radius 3 is 1.67 bits per heavy atom. The Hall–Kier alpha value is -0.479. The van der Waals surface area contributed by atoms with Crippen LogP contribution in [0.5, 0.6) is 0 Å². The SMILES string of the molecule is [H-].[H-].[Sr+2].c1cnc2c(c1)ccc1cccnc12. The summed E-state index contributed by atoms with van der Waals surface area (Å²) >= 11 is 0. The number of pyridine rings is 2. The predicted molar refractivity (Wildman–Crippen MR) is 65.0 cm³/mol. The molecule has 0 aliphatic rings. The van der Waals surface area contributed by atoms with Crippen molar-refractivity contribution in [2.75, 3.05) is 0 Å². The van der Waals surface area contributed by atoms with Crippen LogP contribution in [-0.2, 0) is 0 Å². The van der Waals surface area contributed by atoms with Gasteiger partial charge in [-0.15, -0.1) is 0 Å². The van der Waals surface area contributed by atoms with E-state index in [1.54, 1.807) is 12.4 Å². The molecule has 2 nitrogen and oxygen atoms in total. The van der Waals surface area contributed by atoms with Crippen molar-refractivity contribution in [3.05, 3.63) is 48.8 Å². The zero-order valence-corrected chi connectivity index (χ0v) is 11.7. The topological polar surface area (TPSA) is 25.8 Å². The van der Waals surface area contributed by atoms with Crippen LogP contribution in [0, 0.1) is 0 Å². The van der Waals surface area contributed by atoms with E-state index in [9.17, 15) is 0 Å². The number of benzene rings is 1. The van der Waals surface area contributed by atoms with Gasteiger partial charge in [-0.1, -0.05) is 24.3 Å². The fourth-order valence-electron chi connectivity index (χ4n) is 1.68. The molecule has 0 aliphatic heterocycles. The van der Waals surface area contributed by atoms with Crippen LogP contribution < -0.4 is 0 Å². The van der Waals surface area contributed by atoms with E-state index in [4.69, 9.17) is 0 Å². The minimum absolute atomic E-state index is 0. The van der Waals surface area contributed by atoms with E-state index in [2.05, 4.69) is 34.2 Å². The molecule has 2 heterocycles. The molecular weight excluding hydrogens is 260 g/mol. The van der Waals surface area contributed by atoms with E-state index in [0.29, 0.717) is 0 Å². The van der Waals surface area contributed by atoms with Crippen LogP contribution in [-0.4, -0.2) is 55.4 Å². The molecule has 2 aromatic heterocycles. The summed E-state index contributed by atoms with van der Waals surface area (Å²) in [5.74, 6) is 0. The van der Waals surface area contributed by atoms with Gasteiger partial charge in [0.05, 0.1) is 11.0 Å². The zero-order valence-electron chi connectivity index (χ0n) is 10.2. The van der Waals surface area contributed by atoms with Gasteiger partial charge in [-0.3, -0.25) is 9.97 Å². The Labute approximate surface area is 128 Å². The molecule has 0 spiro atoms. The summed E-state index contributed by atoms with van der Waals surface area (Å²) < 4.78 is 0. The fraction of sp³-hybridized carbons (Fsp3) is 0. The van der Waals surface area contributed by atoms with Crippen molar-refractivity contribution < 1.29 is 2.85 Å². The maximum Gasteiger partial charge on any atom is 2.00 e. The van der Waals surface area contributed by atoms with Gasteiger partial charge in [0.1, 0.15) is 0 Å². The summed E-state index contributed by atoms with van der Waals surface area (Å²) in [4.78, 5) is 8.69. The van der Waals surface area contributed by atoms with Gasteiger partial charge < -0.3 is 2.85 Å². The third-order valence-corrected chi connectivity index (χ3v) is 2.34. The Balaban J connectivity index is 0.000000853. The number of hydrogen-bond acceptors (Lipinski definition) is 2. The van der Waals surface area contributed by atoms with E-state index >= 15 is 0 Å². The number of rotatable bonds is 0. The second-order valence-corrected chi connectivity index (χ2v) is 3.22. The summed E-state index contributed by atoms with van der Waals surface area (Å²) in [6.07, 6.45) is 3.60. The quantitative estimate of drug-likeness (QED) is 0.463. The molecule has 15 heavy (non-hydrogen) atoms. The monoisotopic (exact) mass is 270 g/mol. The summed E-state index contributed by atoms with van der Waals surface area (Å²) in [7, 11) is 0. The Morgan fingerprint density at radius 2 is 1.20 bits per heavy atom. The first kappa shape index (κ1) is 11.0. The van der Waals surface area contributed by atoms with Crippen molar-refractivity contribution in [2.45, 2.75) is 0 Å². The molecule has 0 fully saturated rings. The maximum absolute atomic E-state index is 4.35. The van der Waals surface area contributed by atoms with E-state index in [1.807, 2.05) is 12.1 Å². The number of aromatic nitrogens is 2. The third kappa shape index (κ3) is 1.93. The minimum Gasteiger partial charge on any atom is -1.00 e. The number of fused-ring (bicyclic) bond motifs is 3. The summed E-state index contributed by atoms with van der Waals surface area (Å²) in [6, 6.07) is 12.1. The fourth-order valence-corrected chi connectivity index (χ4v) is 1.68. The first-order valence-electron chi connectivity index (χ1n) is 4.53. The molecule has 0 N–H and O–H groups in total. The second-order valence-electron chi connectivity index (χ2n) is 3.22. The number of nitrogens with zero attached hydrogens (tertiary/aromatic N) is 2. The molecule has 0 bridgehead atoms. The van der Waals surface area contributed by atoms with Crippen LogP contribution in [0.1, 0.15) is 2.85 Å². The van der Waals surface area contributed by atoms with Crippen LogP contribution in [0.25, 0.3) is 21.8 Å². The average molecular weight is 270 g/mol. The van der Waals surface area contributed by atoms with Gasteiger partial charge in [-0.2, -0.15) is 0 Å². The zero-order chi connectivity index (χ0) is 9.38. The molecular formula is C12H10N2Sr. The van der Waals surface area contributed by atoms with Crippen LogP contribution in [0.3, 0.4) is 0 Å². The maximum atomic E-state index is 4.35. The molecule has 0 radical (unpaired) electrons. The van der Waals surface area contributed by atoms with Crippen molar-refractivity contribution in [1.29, 1.82) is 0 Å². The van der Waals surface area contributed by atoms with Gasteiger partial charge in [0.15, 0.2) is 0 Å². The Morgan fingerprint density at radius 1 is 0.733 bits per heavy atom. The van der Waals surface area contributed by atoms with Crippen molar-refractivity contribution in [3.63, 3.8) is 0 Å². The molecule has 0 aliphatic carbocycles. The molecule has 0 unspecified atom stereocenters. The van der Waals surface area contributed by atoms with Gasteiger partial charge in [0.25, 0.3) is 0 Å². The smallest absolute Gasteiger partial charge is 1.00 e. The standard InChI is InChI=1S/C12H8N2.Sr.2H/c1-3-9-5-6-10-4-2-8-14-12(10)11(9)13-7-1;;;/h1-8H;;;/q;+2;2*-1. The van der Waals surface area contributed by atoms with Crippen LogP contribution >= 0.6 is 0 Å². The first-order chi connectivity index (χ1) is 6.95. The predicted octanol–water partition coefficient (Wildman–Crippen LogP) is 2.63. The third-order valence-electron chi connectivity index (χ3n) is 2.34. The Kier molecular flexibility index (Phi) is 3.36. The summed E-state index contributed by atoms with van der Waals surface area (Å²) in [5.41, 5.74) is 1.95. The van der Waals surface area contributed by atoms with Crippen LogP contribution in [0.4, 0.5) is 0 Å². The average Bonchev–Trinajstić information content (AvgIpc) is 2.29. The molecule has 3 heteroatoms. The van der Waals surface area contributed by atoms with Gasteiger partial charge in [-0.25, -0.2) is 0 Å². The van der Waals surface area contributed by atoms with Crippen LogP contribution in [0.15, 0.2) is 48.8 Å². The van der Waals surface area contributed by atoms with E-state index in [1.165, 1.54) is 0 Å². The molecule has 0 saturated carbocycles. The van der Waals surface area contributed by atoms with E-state index < -0.39 is 0 Å². The van der Waals surface area contributed by atoms with Gasteiger partial charge >= 0.3 is 45.5 Å². The summed E-state index contributed by atoms with van der Waals surface area (Å²) in [6.45, 7) is 0. The normalized spacial score (nSPS) is 10.1.